The Morgan fingerprint density at radius 2 is 1.94 bits per heavy atom. The van der Waals surface area contributed by atoms with Crippen LogP contribution in [-0.2, 0) is 6.54 Å². The quantitative estimate of drug-likeness (QED) is 0.863. The lowest BCUT2D eigenvalue weighted by atomic mass is 10.2. The predicted octanol–water partition coefficient (Wildman–Crippen LogP) is 2.30. The minimum absolute atomic E-state index is 0.136. The summed E-state index contributed by atoms with van der Waals surface area (Å²) in [6.45, 7) is -1.22. The first-order valence-corrected chi connectivity index (χ1v) is 4.83. The number of amides is 1. The summed E-state index contributed by atoms with van der Waals surface area (Å²) in [7, 11) is 0. The Morgan fingerprint density at radius 1 is 1.29 bits per heavy atom. The fourth-order valence-corrected chi connectivity index (χ4v) is 1.76. The van der Waals surface area contributed by atoms with Crippen molar-refractivity contribution < 1.29 is 18.0 Å². The summed E-state index contributed by atoms with van der Waals surface area (Å²) in [5.41, 5.74) is 5.28. The lowest BCUT2D eigenvalue weighted by Gasteiger charge is -2.11. The predicted molar refractivity (Wildman–Crippen MR) is 56.5 cm³/mol. The van der Waals surface area contributed by atoms with Crippen molar-refractivity contribution in [3.05, 3.63) is 36.0 Å². The van der Waals surface area contributed by atoms with E-state index < -0.39 is 18.6 Å². The van der Waals surface area contributed by atoms with Crippen molar-refractivity contribution in [2.45, 2.75) is 12.7 Å². The van der Waals surface area contributed by atoms with Gasteiger partial charge < -0.3 is 10.3 Å². The van der Waals surface area contributed by atoms with E-state index in [0.717, 1.165) is 4.57 Å². The number of rotatable bonds is 2. The number of primary amides is 1. The van der Waals surface area contributed by atoms with Gasteiger partial charge in [-0.1, -0.05) is 18.2 Å². The molecule has 0 aliphatic carbocycles. The van der Waals surface area contributed by atoms with Crippen LogP contribution in [0.5, 0.6) is 0 Å². The molecule has 1 aromatic carbocycles. The SMILES string of the molecule is NC(=O)c1cc2ccccc2n1CC(F)(F)F. The van der Waals surface area contributed by atoms with Crippen LogP contribution in [0.25, 0.3) is 10.9 Å². The van der Waals surface area contributed by atoms with E-state index >= 15 is 0 Å². The molecular weight excluding hydrogens is 233 g/mol. The molecule has 0 bridgehead atoms. The first-order valence-electron chi connectivity index (χ1n) is 4.83. The van der Waals surface area contributed by atoms with Gasteiger partial charge in [0.25, 0.3) is 5.91 Å². The molecule has 1 amide bonds. The monoisotopic (exact) mass is 242 g/mol. The van der Waals surface area contributed by atoms with Gasteiger partial charge >= 0.3 is 6.18 Å². The number of hydrogen-bond acceptors (Lipinski definition) is 1. The minimum atomic E-state index is -4.40. The first kappa shape index (κ1) is 11.5. The molecule has 3 nitrogen and oxygen atoms in total. The topological polar surface area (TPSA) is 48.0 Å². The number of halogens is 3. The van der Waals surface area contributed by atoms with Crippen molar-refractivity contribution in [2.75, 3.05) is 0 Å². The van der Waals surface area contributed by atoms with Crippen LogP contribution < -0.4 is 5.73 Å². The molecule has 2 N–H and O–H groups in total. The summed E-state index contributed by atoms with van der Waals surface area (Å²) in [5, 5.41) is 0.561. The van der Waals surface area contributed by atoms with E-state index in [0.29, 0.717) is 10.9 Å². The molecule has 1 heterocycles. The maximum Gasteiger partial charge on any atom is 0.406 e. The van der Waals surface area contributed by atoms with E-state index in [2.05, 4.69) is 0 Å². The van der Waals surface area contributed by atoms with Gasteiger partial charge in [-0.2, -0.15) is 13.2 Å². The molecule has 90 valence electrons. The van der Waals surface area contributed by atoms with E-state index in [4.69, 9.17) is 5.73 Å². The van der Waals surface area contributed by atoms with Crippen molar-refractivity contribution in [3.63, 3.8) is 0 Å². The second-order valence-electron chi connectivity index (χ2n) is 3.65. The average Bonchev–Trinajstić information content (AvgIpc) is 2.55. The molecule has 0 saturated heterocycles. The second kappa shape index (κ2) is 3.80. The van der Waals surface area contributed by atoms with E-state index in [1.54, 1.807) is 18.2 Å². The number of nitrogens with two attached hydrogens (primary N) is 1. The van der Waals surface area contributed by atoms with Gasteiger partial charge in [-0.05, 0) is 12.1 Å². The summed E-state index contributed by atoms with van der Waals surface area (Å²) in [6, 6.07) is 7.82. The number of hydrogen-bond donors (Lipinski definition) is 1. The summed E-state index contributed by atoms with van der Waals surface area (Å²) < 4.78 is 38.1. The van der Waals surface area contributed by atoms with Crippen LogP contribution in [0.3, 0.4) is 0 Å². The van der Waals surface area contributed by atoms with Crippen LogP contribution in [0, 0.1) is 0 Å². The van der Waals surface area contributed by atoms with Gasteiger partial charge in [0.2, 0.25) is 0 Å². The summed E-state index contributed by atoms with van der Waals surface area (Å²) in [5.74, 6) is -0.870. The molecule has 0 aliphatic heterocycles. The number of aromatic nitrogens is 1. The highest BCUT2D eigenvalue weighted by atomic mass is 19.4. The highest BCUT2D eigenvalue weighted by molar-refractivity contribution is 5.97. The van der Waals surface area contributed by atoms with Gasteiger partial charge in [0.05, 0.1) is 0 Å². The Balaban J connectivity index is 2.64. The van der Waals surface area contributed by atoms with Crippen LogP contribution in [0.2, 0.25) is 0 Å². The maximum absolute atomic E-state index is 12.4. The molecule has 0 atom stereocenters. The highest BCUT2D eigenvalue weighted by Crippen LogP contribution is 2.25. The highest BCUT2D eigenvalue weighted by Gasteiger charge is 2.30. The fraction of sp³-hybridized carbons (Fsp3) is 0.182. The van der Waals surface area contributed by atoms with Crippen LogP contribution in [0.1, 0.15) is 10.5 Å². The smallest absolute Gasteiger partial charge is 0.364 e. The van der Waals surface area contributed by atoms with Crippen molar-refractivity contribution in [1.82, 2.24) is 4.57 Å². The van der Waals surface area contributed by atoms with Crippen LogP contribution >= 0.6 is 0 Å². The molecule has 6 heteroatoms. The summed E-state index contributed by atoms with van der Waals surface area (Å²) >= 11 is 0. The van der Waals surface area contributed by atoms with E-state index in [1.165, 1.54) is 12.1 Å². The van der Waals surface area contributed by atoms with Crippen LogP contribution in [0.4, 0.5) is 13.2 Å². The number of carbonyl (C=O) groups is 1. The minimum Gasteiger partial charge on any atom is -0.364 e. The summed E-state index contributed by atoms with van der Waals surface area (Å²) in [6.07, 6.45) is -4.40. The molecule has 2 aromatic rings. The van der Waals surface area contributed by atoms with Gasteiger partial charge in [0.15, 0.2) is 0 Å². The first-order chi connectivity index (χ1) is 7.88. The lowest BCUT2D eigenvalue weighted by Crippen LogP contribution is -2.23. The molecule has 2 rings (SSSR count). The van der Waals surface area contributed by atoms with E-state index in [1.807, 2.05) is 0 Å². The number of fused-ring (bicyclic) bond motifs is 1. The zero-order valence-corrected chi connectivity index (χ0v) is 8.66. The zero-order chi connectivity index (χ0) is 12.6. The Kier molecular flexibility index (Phi) is 2.57. The normalized spacial score (nSPS) is 11.9. The maximum atomic E-state index is 12.4. The molecule has 0 spiro atoms. The van der Waals surface area contributed by atoms with Crippen LogP contribution in [0.15, 0.2) is 30.3 Å². The molecule has 0 fully saturated rings. The van der Waals surface area contributed by atoms with Gasteiger partial charge in [-0.15, -0.1) is 0 Å². The van der Waals surface area contributed by atoms with Crippen molar-refractivity contribution >= 4 is 16.8 Å². The molecule has 0 saturated carbocycles. The molecule has 0 radical (unpaired) electrons. The third kappa shape index (κ3) is 2.25. The number of para-hydroxylation sites is 1. The third-order valence-electron chi connectivity index (χ3n) is 2.40. The molecule has 1 aromatic heterocycles. The van der Waals surface area contributed by atoms with Crippen molar-refractivity contribution in [3.8, 4) is 0 Å². The van der Waals surface area contributed by atoms with E-state index in [9.17, 15) is 18.0 Å². The fourth-order valence-electron chi connectivity index (χ4n) is 1.76. The average molecular weight is 242 g/mol. The van der Waals surface area contributed by atoms with Crippen LogP contribution in [-0.4, -0.2) is 16.7 Å². The molecule has 0 aliphatic rings. The second-order valence-corrected chi connectivity index (χ2v) is 3.65. The standard InChI is InChI=1S/C11H9F3N2O/c12-11(13,14)6-16-8-4-2-1-3-7(8)5-9(16)10(15)17/h1-5H,6H2,(H2,15,17). The van der Waals surface area contributed by atoms with Gasteiger partial charge in [0.1, 0.15) is 12.2 Å². The number of alkyl halides is 3. The molecular formula is C11H9F3N2O. The number of carbonyl (C=O) groups excluding carboxylic acids is 1. The Hall–Kier alpha value is -1.98. The molecule has 17 heavy (non-hydrogen) atoms. The molecule has 0 unspecified atom stereocenters. The Morgan fingerprint density at radius 3 is 2.53 bits per heavy atom. The number of benzene rings is 1. The van der Waals surface area contributed by atoms with Gasteiger partial charge in [0, 0.05) is 10.9 Å². The summed E-state index contributed by atoms with van der Waals surface area (Å²) in [4.78, 5) is 11.1. The van der Waals surface area contributed by atoms with E-state index in [-0.39, 0.29) is 5.69 Å². The van der Waals surface area contributed by atoms with Gasteiger partial charge in [-0.3, -0.25) is 4.79 Å². The Bertz CT molecular complexity index is 572. The lowest BCUT2D eigenvalue weighted by molar-refractivity contribution is -0.140. The van der Waals surface area contributed by atoms with Crippen molar-refractivity contribution in [1.29, 1.82) is 0 Å². The van der Waals surface area contributed by atoms with Crippen molar-refractivity contribution in [2.24, 2.45) is 5.73 Å². The van der Waals surface area contributed by atoms with Gasteiger partial charge in [-0.25, -0.2) is 0 Å². The number of nitrogens with zero attached hydrogens (tertiary/aromatic N) is 1. The third-order valence-corrected chi connectivity index (χ3v) is 2.40. The largest absolute Gasteiger partial charge is 0.406 e. The Labute approximate surface area is 94.6 Å². The zero-order valence-electron chi connectivity index (χ0n) is 8.66.